The van der Waals surface area contributed by atoms with Crippen molar-refractivity contribution in [2.45, 2.75) is 32.8 Å². The van der Waals surface area contributed by atoms with Crippen LogP contribution in [0.1, 0.15) is 34.5 Å². The highest BCUT2D eigenvalue weighted by Crippen LogP contribution is 2.32. The van der Waals surface area contributed by atoms with Crippen LogP contribution in [0, 0.1) is 13.8 Å². The van der Waals surface area contributed by atoms with Gasteiger partial charge in [0.15, 0.2) is 0 Å². The van der Waals surface area contributed by atoms with Gasteiger partial charge in [0.1, 0.15) is 11.1 Å². The molecular weight excluding hydrogens is 170 g/mol. The first-order valence-corrected chi connectivity index (χ1v) is 5.14. The zero-order valence-electron chi connectivity index (χ0n) is 7.46. The highest BCUT2D eigenvalue weighted by molar-refractivity contribution is 7.11. The van der Waals surface area contributed by atoms with E-state index >= 15 is 0 Å². The van der Waals surface area contributed by atoms with Crippen LogP contribution in [-0.2, 0) is 4.74 Å². The standard InChI is InChI=1S/C9H13NOS/c1-6-7(2)12-9(10-6)8-4-3-5-11-8/h8H,3-5H2,1-2H3/t8-/m0/s1. The van der Waals surface area contributed by atoms with Crippen LogP contribution in [0.2, 0.25) is 0 Å². The van der Waals surface area contributed by atoms with Crippen LogP contribution in [0.5, 0.6) is 0 Å². The monoisotopic (exact) mass is 183 g/mol. The van der Waals surface area contributed by atoms with Crippen LogP contribution in [0.15, 0.2) is 0 Å². The Morgan fingerprint density at radius 3 is 2.83 bits per heavy atom. The minimum Gasteiger partial charge on any atom is -0.371 e. The van der Waals surface area contributed by atoms with Crippen LogP contribution in [-0.4, -0.2) is 11.6 Å². The van der Waals surface area contributed by atoms with Gasteiger partial charge in [-0.1, -0.05) is 0 Å². The van der Waals surface area contributed by atoms with Gasteiger partial charge in [0, 0.05) is 11.5 Å². The first-order valence-electron chi connectivity index (χ1n) is 4.33. The summed E-state index contributed by atoms with van der Waals surface area (Å²) in [6.45, 7) is 5.08. The van der Waals surface area contributed by atoms with Gasteiger partial charge in [-0.25, -0.2) is 4.98 Å². The summed E-state index contributed by atoms with van der Waals surface area (Å²) in [5.41, 5.74) is 1.16. The van der Waals surface area contributed by atoms with Crippen molar-refractivity contribution in [2.24, 2.45) is 0 Å². The molecule has 1 aliphatic heterocycles. The van der Waals surface area contributed by atoms with Gasteiger partial charge in [0.05, 0.1) is 5.69 Å². The Morgan fingerprint density at radius 1 is 1.50 bits per heavy atom. The zero-order chi connectivity index (χ0) is 8.55. The van der Waals surface area contributed by atoms with E-state index in [0.29, 0.717) is 6.10 Å². The summed E-state index contributed by atoms with van der Waals surface area (Å²) in [5, 5.41) is 1.17. The number of hydrogen-bond donors (Lipinski definition) is 0. The topological polar surface area (TPSA) is 22.1 Å². The molecule has 3 heteroatoms. The highest BCUT2D eigenvalue weighted by Gasteiger charge is 2.21. The molecule has 2 heterocycles. The van der Waals surface area contributed by atoms with Gasteiger partial charge < -0.3 is 4.74 Å². The van der Waals surface area contributed by atoms with Crippen molar-refractivity contribution in [2.75, 3.05) is 6.61 Å². The van der Waals surface area contributed by atoms with Gasteiger partial charge in [-0.05, 0) is 26.7 Å². The zero-order valence-corrected chi connectivity index (χ0v) is 8.28. The summed E-state index contributed by atoms with van der Waals surface area (Å²) in [6, 6.07) is 0. The van der Waals surface area contributed by atoms with Crippen molar-refractivity contribution in [1.29, 1.82) is 0 Å². The molecule has 0 saturated carbocycles. The Hall–Kier alpha value is -0.410. The van der Waals surface area contributed by atoms with Gasteiger partial charge in [-0.15, -0.1) is 11.3 Å². The Kier molecular flexibility index (Phi) is 2.15. The van der Waals surface area contributed by atoms with Crippen molar-refractivity contribution in [3.8, 4) is 0 Å². The lowest BCUT2D eigenvalue weighted by Crippen LogP contribution is -1.94. The minimum absolute atomic E-state index is 0.294. The maximum absolute atomic E-state index is 5.56. The third kappa shape index (κ3) is 1.39. The molecule has 0 amide bonds. The number of hydrogen-bond acceptors (Lipinski definition) is 3. The second kappa shape index (κ2) is 3.15. The molecule has 1 aromatic heterocycles. The fraction of sp³-hybridized carbons (Fsp3) is 0.667. The summed E-state index contributed by atoms with van der Waals surface area (Å²) in [4.78, 5) is 5.81. The molecule has 0 N–H and O–H groups in total. The van der Waals surface area contributed by atoms with Gasteiger partial charge in [0.25, 0.3) is 0 Å². The molecule has 1 aromatic rings. The van der Waals surface area contributed by atoms with Gasteiger partial charge in [-0.2, -0.15) is 0 Å². The van der Waals surface area contributed by atoms with Crippen molar-refractivity contribution in [1.82, 2.24) is 4.98 Å². The Labute approximate surface area is 76.6 Å². The first-order chi connectivity index (χ1) is 5.77. The smallest absolute Gasteiger partial charge is 0.122 e. The number of nitrogens with zero attached hydrogens (tertiary/aromatic N) is 1. The molecule has 0 spiro atoms. The highest BCUT2D eigenvalue weighted by atomic mass is 32.1. The largest absolute Gasteiger partial charge is 0.371 e. The second-order valence-electron chi connectivity index (χ2n) is 3.20. The van der Waals surface area contributed by atoms with Gasteiger partial charge in [0.2, 0.25) is 0 Å². The van der Waals surface area contributed by atoms with Gasteiger partial charge >= 0.3 is 0 Å². The minimum atomic E-state index is 0.294. The molecule has 1 fully saturated rings. The first kappa shape index (κ1) is 8.20. The Bertz CT molecular complexity index is 257. The van der Waals surface area contributed by atoms with E-state index in [2.05, 4.69) is 18.8 Å². The van der Waals surface area contributed by atoms with Crippen molar-refractivity contribution >= 4 is 11.3 Å². The normalized spacial score (nSPS) is 23.3. The molecule has 0 aromatic carbocycles. The van der Waals surface area contributed by atoms with Crippen molar-refractivity contribution in [3.63, 3.8) is 0 Å². The number of thiazole rings is 1. The number of aromatic nitrogens is 1. The van der Waals surface area contributed by atoms with Crippen LogP contribution >= 0.6 is 11.3 Å². The molecule has 66 valence electrons. The quantitative estimate of drug-likeness (QED) is 0.667. The third-order valence-corrected chi connectivity index (χ3v) is 3.42. The van der Waals surface area contributed by atoms with Crippen LogP contribution in [0.4, 0.5) is 0 Å². The predicted molar refractivity (Wildman–Crippen MR) is 49.5 cm³/mol. The lowest BCUT2D eigenvalue weighted by Gasteiger charge is -2.02. The SMILES string of the molecule is Cc1nc([C@@H]2CCCO2)sc1C. The Morgan fingerprint density at radius 2 is 2.33 bits per heavy atom. The maximum atomic E-state index is 5.56. The summed E-state index contributed by atoms with van der Waals surface area (Å²) < 4.78 is 5.56. The summed E-state index contributed by atoms with van der Waals surface area (Å²) in [5.74, 6) is 0. The maximum Gasteiger partial charge on any atom is 0.122 e. The predicted octanol–water partition coefficient (Wildman–Crippen LogP) is 2.61. The van der Waals surface area contributed by atoms with Crippen LogP contribution < -0.4 is 0 Å². The molecule has 0 radical (unpaired) electrons. The van der Waals surface area contributed by atoms with Crippen LogP contribution in [0.25, 0.3) is 0 Å². The second-order valence-corrected chi connectivity index (χ2v) is 4.43. The summed E-state index contributed by atoms with van der Waals surface area (Å²) in [6.07, 6.45) is 2.62. The number of aryl methyl sites for hydroxylation is 2. The molecule has 1 aliphatic rings. The molecule has 2 rings (SSSR count). The number of ether oxygens (including phenoxy) is 1. The number of rotatable bonds is 1. The molecule has 0 unspecified atom stereocenters. The average Bonchev–Trinajstić information content (AvgIpc) is 2.61. The third-order valence-electron chi connectivity index (χ3n) is 2.25. The lowest BCUT2D eigenvalue weighted by molar-refractivity contribution is 0.111. The van der Waals surface area contributed by atoms with Crippen molar-refractivity contribution < 1.29 is 4.74 Å². The summed E-state index contributed by atoms with van der Waals surface area (Å²) >= 11 is 1.78. The summed E-state index contributed by atoms with van der Waals surface area (Å²) in [7, 11) is 0. The molecular formula is C9H13NOS. The van der Waals surface area contributed by atoms with E-state index in [-0.39, 0.29) is 0 Å². The fourth-order valence-corrected chi connectivity index (χ4v) is 2.41. The van der Waals surface area contributed by atoms with E-state index in [4.69, 9.17) is 4.74 Å². The van der Waals surface area contributed by atoms with Crippen molar-refractivity contribution in [3.05, 3.63) is 15.6 Å². The van der Waals surface area contributed by atoms with E-state index in [1.165, 1.54) is 16.3 Å². The van der Waals surface area contributed by atoms with E-state index in [1.807, 2.05) is 0 Å². The Balaban J connectivity index is 2.21. The van der Waals surface area contributed by atoms with Gasteiger partial charge in [-0.3, -0.25) is 0 Å². The van der Waals surface area contributed by atoms with Crippen LogP contribution in [0.3, 0.4) is 0 Å². The van der Waals surface area contributed by atoms with E-state index in [9.17, 15) is 0 Å². The van der Waals surface area contributed by atoms with E-state index in [1.54, 1.807) is 11.3 Å². The lowest BCUT2D eigenvalue weighted by atomic mass is 10.2. The average molecular weight is 183 g/mol. The molecule has 1 saturated heterocycles. The molecule has 2 nitrogen and oxygen atoms in total. The molecule has 0 bridgehead atoms. The van der Waals surface area contributed by atoms with E-state index < -0.39 is 0 Å². The molecule has 1 atom stereocenters. The molecule has 12 heavy (non-hydrogen) atoms. The van der Waals surface area contributed by atoms with E-state index in [0.717, 1.165) is 18.7 Å². The molecule has 0 aliphatic carbocycles. The fourth-order valence-electron chi connectivity index (χ4n) is 1.41.